The minimum absolute atomic E-state index is 0.130. The number of nitrogens with one attached hydrogen (secondary N) is 1. The third-order valence-corrected chi connectivity index (χ3v) is 3.67. The third-order valence-electron chi connectivity index (χ3n) is 3.67. The molecule has 0 radical (unpaired) electrons. The van der Waals surface area contributed by atoms with E-state index >= 15 is 0 Å². The van der Waals surface area contributed by atoms with Crippen molar-refractivity contribution in [3.05, 3.63) is 63.2 Å². The Kier molecular flexibility index (Phi) is 6.70. The number of nitro benzene ring substituents is 1. The first-order valence-electron chi connectivity index (χ1n) is 8.06. The van der Waals surface area contributed by atoms with Gasteiger partial charge in [-0.15, -0.1) is 0 Å². The highest BCUT2D eigenvalue weighted by Gasteiger charge is 2.11. The predicted octanol–water partition coefficient (Wildman–Crippen LogP) is 2.67. The number of hydrazone groups is 1. The van der Waals surface area contributed by atoms with E-state index in [0.29, 0.717) is 11.3 Å². The molecule has 0 saturated heterocycles. The van der Waals surface area contributed by atoms with Gasteiger partial charge in [-0.05, 0) is 43.2 Å². The molecule has 0 unspecified atom stereocenters. The molecule has 142 valence electrons. The largest absolute Gasteiger partial charge is 0.490 e. The number of nitro groups is 1. The zero-order valence-corrected chi connectivity index (χ0v) is 15.0. The maximum absolute atomic E-state index is 10.9. The summed E-state index contributed by atoms with van der Waals surface area (Å²) in [6, 6.07) is 9.00. The summed E-state index contributed by atoms with van der Waals surface area (Å²) in [7, 11) is 0. The molecule has 2 rings (SSSR count). The van der Waals surface area contributed by atoms with E-state index in [1.165, 1.54) is 30.0 Å². The lowest BCUT2D eigenvalue weighted by Gasteiger charge is -2.11. The van der Waals surface area contributed by atoms with Crippen LogP contribution in [-0.2, 0) is 0 Å². The fourth-order valence-corrected chi connectivity index (χ4v) is 2.16. The van der Waals surface area contributed by atoms with Gasteiger partial charge >= 0.3 is 6.03 Å². The predicted molar refractivity (Wildman–Crippen MR) is 100 cm³/mol. The number of carbonyl (C=O) groups is 1. The maximum atomic E-state index is 10.9. The number of carbonyl (C=O) groups excluding carboxylic acids is 1. The van der Waals surface area contributed by atoms with Crippen molar-refractivity contribution >= 4 is 17.9 Å². The molecule has 0 saturated carbocycles. The van der Waals surface area contributed by atoms with Crippen LogP contribution in [0.2, 0.25) is 0 Å². The van der Waals surface area contributed by atoms with Gasteiger partial charge in [0.15, 0.2) is 0 Å². The van der Waals surface area contributed by atoms with Crippen molar-refractivity contribution in [2.45, 2.75) is 13.8 Å². The average Bonchev–Trinajstić information content (AvgIpc) is 2.62. The molecule has 27 heavy (non-hydrogen) atoms. The van der Waals surface area contributed by atoms with Gasteiger partial charge in [0.05, 0.1) is 11.1 Å². The lowest BCUT2D eigenvalue weighted by molar-refractivity contribution is -0.384. The molecule has 0 aromatic heterocycles. The molecule has 2 aromatic rings. The molecule has 0 spiro atoms. The van der Waals surface area contributed by atoms with E-state index in [-0.39, 0.29) is 18.9 Å². The van der Waals surface area contributed by atoms with Gasteiger partial charge in [-0.25, -0.2) is 10.2 Å². The molecule has 0 heterocycles. The number of aryl methyl sites for hydroxylation is 2. The SMILES string of the molecule is Cc1ccc(OCCOc2ccc([N+](=O)[O-])cc2/C=N/NC(N)=O)cc1C. The smallest absolute Gasteiger partial charge is 0.332 e. The molecule has 3 N–H and O–H groups in total. The molecular formula is C18H20N4O5. The summed E-state index contributed by atoms with van der Waals surface area (Å²) in [5.74, 6) is 1.09. The van der Waals surface area contributed by atoms with Crippen LogP contribution in [0.3, 0.4) is 0 Å². The zero-order valence-electron chi connectivity index (χ0n) is 15.0. The Morgan fingerprint density at radius 1 is 1.19 bits per heavy atom. The molecule has 0 atom stereocenters. The van der Waals surface area contributed by atoms with E-state index in [1.807, 2.05) is 37.5 Å². The van der Waals surface area contributed by atoms with Gasteiger partial charge in [0.1, 0.15) is 24.7 Å². The monoisotopic (exact) mass is 372 g/mol. The summed E-state index contributed by atoms with van der Waals surface area (Å²) in [6.07, 6.45) is 1.22. The van der Waals surface area contributed by atoms with Crippen LogP contribution in [0.15, 0.2) is 41.5 Å². The van der Waals surface area contributed by atoms with Crippen molar-refractivity contribution in [2.24, 2.45) is 10.8 Å². The summed E-state index contributed by atoms with van der Waals surface area (Å²) in [5.41, 5.74) is 9.45. The van der Waals surface area contributed by atoms with Crippen LogP contribution in [0, 0.1) is 24.0 Å². The number of amides is 2. The zero-order chi connectivity index (χ0) is 19.8. The fraction of sp³-hybridized carbons (Fsp3) is 0.222. The van der Waals surface area contributed by atoms with Crippen molar-refractivity contribution in [2.75, 3.05) is 13.2 Å². The number of primary amides is 1. The minimum atomic E-state index is -0.846. The molecular weight excluding hydrogens is 352 g/mol. The molecule has 0 aliphatic rings. The quantitative estimate of drug-likeness (QED) is 0.318. The Labute approximate surface area is 155 Å². The average molecular weight is 372 g/mol. The number of nitrogens with zero attached hydrogens (tertiary/aromatic N) is 2. The lowest BCUT2D eigenvalue weighted by Crippen LogP contribution is -2.24. The lowest BCUT2D eigenvalue weighted by atomic mass is 10.1. The van der Waals surface area contributed by atoms with E-state index in [9.17, 15) is 14.9 Å². The number of urea groups is 1. The van der Waals surface area contributed by atoms with Gasteiger partial charge in [0, 0.05) is 17.7 Å². The summed E-state index contributed by atoms with van der Waals surface area (Å²) in [5, 5.41) is 14.5. The Morgan fingerprint density at radius 2 is 1.93 bits per heavy atom. The van der Waals surface area contributed by atoms with Crippen LogP contribution in [-0.4, -0.2) is 30.4 Å². The first kappa shape index (κ1) is 19.7. The third kappa shape index (κ3) is 5.99. The van der Waals surface area contributed by atoms with Crippen molar-refractivity contribution in [3.63, 3.8) is 0 Å². The van der Waals surface area contributed by atoms with Gasteiger partial charge in [0.25, 0.3) is 5.69 Å². The van der Waals surface area contributed by atoms with Gasteiger partial charge in [-0.1, -0.05) is 6.07 Å². The molecule has 9 heteroatoms. The number of ether oxygens (including phenoxy) is 2. The molecule has 2 aromatic carbocycles. The van der Waals surface area contributed by atoms with Gasteiger partial charge < -0.3 is 15.2 Å². The summed E-state index contributed by atoms with van der Waals surface area (Å²) < 4.78 is 11.3. The standard InChI is InChI=1S/C18H20N4O5/c1-12-3-5-16(9-13(12)2)26-7-8-27-17-6-4-15(22(24)25)10-14(17)11-20-21-18(19)23/h3-6,9-11H,7-8H2,1-2H3,(H3,19,21,23)/b20-11+. The number of rotatable bonds is 8. The normalized spacial score (nSPS) is 10.6. The maximum Gasteiger partial charge on any atom is 0.332 e. The van der Waals surface area contributed by atoms with Crippen molar-refractivity contribution in [3.8, 4) is 11.5 Å². The van der Waals surface area contributed by atoms with Crippen LogP contribution in [0.25, 0.3) is 0 Å². The second kappa shape index (κ2) is 9.18. The van der Waals surface area contributed by atoms with Gasteiger partial charge in [0.2, 0.25) is 0 Å². The number of nitrogens with two attached hydrogens (primary N) is 1. The van der Waals surface area contributed by atoms with E-state index < -0.39 is 11.0 Å². The molecule has 0 aliphatic heterocycles. The van der Waals surface area contributed by atoms with Crippen molar-refractivity contribution < 1.29 is 19.2 Å². The second-order valence-corrected chi connectivity index (χ2v) is 5.66. The highest BCUT2D eigenvalue weighted by molar-refractivity contribution is 5.85. The highest BCUT2D eigenvalue weighted by atomic mass is 16.6. The Morgan fingerprint density at radius 3 is 2.59 bits per heavy atom. The molecule has 2 amide bonds. The molecule has 9 nitrogen and oxygen atoms in total. The summed E-state index contributed by atoms with van der Waals surface area (Å²) in [6.45, 7) is 4.53. The number of hydrogen-bond acceptors (Lipinski definition) is 6. The van der Waals surface area contributed by atoms with Crippen molar-refractivity contribution in [1.29, 1.82) is 0 Å². The molecule has 0 bridgehead atoms. The summed E-state index contributed by atoms with van der Waals surface area (Å²) >= 11 is 0. The van der Waals surface area contributed by atoms with E-state index in [0.717, 1.165) is 11.3 Å². The Bertz CT molecular complexity index is 867. The fourth-order valence-electron chi connectivity index (χ4n) is 2.16. The van der Waals surface area contributed by atoms with Gasteiger partial charge in [-0.3, -0.25) is 10.1 Å². The first-order valence-corrected chi connectivity index (χ1v) is 8.06. The Hall–Kier alpha value is -3.62. The molecule has 0 aliphatic carbocycles. The molecule has 0 fully saturated rings. The van der Waals surface area contributed by atoms with Crippen LogP contribution in [0.1, 0.15) is 16.7 Å². The number of non-ortho nitro benzene ring substituents is 1. The van der Waals surface area contributed by atoms with Crippen molar-refractivity contribution in [1.82, 2.24) is 5.43 Å². The highest BCUT2D eigenvalue weighted by Crippen LogP contribution is 2.23. The van der Waals surface area contributed by atoms with Crippen LogP contribution >= 0.6 is 0 Å². The van der Waals surface area contributed by atoms with Crippen LogP contribution < -0.4 is 20.6 Å². The van der Waals surface area contributed by atoms with Crippen LogP contribution in [0.5, 0.6) is 11.5 Å². The number of benzene rings is 2. The van der Waals surface area contributed by atoms with E-state index in [2.05, 4.69) is 5.10 Å². The Balaban J connectivity index is 2.01. The summed E-state index contributed by atoms with van der Waals surface area (Å²) in [4.78, 5) is 21.1. The number of hydrogen-bond donors (Lipinski definition) is 2. The van der Waals surface area contributed by atoms with Crippen LogP contribution in [0.4, 0.5) is 10.5 Å². The minimum Gasteiger partial charge on any atom is -0.490 e. The first-order chi connectivity index (χ1) is 12.9. The second-order valence-electron chi connectivity index (χ2n) is 5.66. The van der Waals surface area contributed by atoms with E-state index in [1.54, 1.807) is 0 Å². The topological polar surface area (TPSA) is 129 Å². The van der Waals surface area contributed by atoms with E-state index in [4.69, 9.17) is 15.2 Å². The van der Waals surface area contributed by atoms with Gasteiger partial charge in [-0.2, -0.15) is 5.10 Å².